The second kappa shape index (κ2) is 8.21. The van der Waals surface area contributed by atoms with Crippen LogP contribution in [-0.2, 0) is 4.79 Å². The van der Waals surface area contributed by atoms with Gasteiger partial charge in [0, 0.05) is 0 Å². The number of alkyl halides is 3. The predicted molar refractivity (Wildman–Crippen MR) is 84.3 cm³/mol. The zero-order chi connectivity index (χ0) is 19.3. The minimum Gasteiger partial charge on any atom is -0.406 e. The SMILES string of the molecule is CC(C)(C)C(O)CC(=O)N[C@@H](CC#N)c1cccc(OC(F)(F)F)c1. The summed E-state index contributed by atoms with van der Waals surface area (Å²) in [4.78, 5) is 12.1. The zero-order valence-electron chi connectivity index (χ0n) is 14.2. The van der Waals surface area contributed by atoms with Crippen LogP contribution >= 0.6 is 0 Å². The molecule has 0 aromatic heterocycles. The Morgan fingerprint density at radius 2 is 2.00 bits per heavy atom. The fraction of sp³-hybridized carbons (Fsp3) is 0.529. The van der Waals surface area contributed by atoms with Crippen molar-refractivity contribution in [3.05, 3.63) is 29.8 Å². The molecule has 8 heteroatoms. The van der Waals surface area contributed by atoms with E-state index in [1.165, 1.54) is 12.1 Å². The molecule has 1 amide bonds. The predicted octanol–water partition coefficient (Wildman–Crippen LogP) is 3.45. The number of halogens is 3. The van der Waals surface area contributed by atoms with E-state index in [9.17, 15) is 23.1 Å². The third kappa shape index (κ3) is 7.44. The number of carbonyl (C=O) groups excluding carboxylic acids is 1. The summed E-state index contributed by atoms with van der Waals surface area (Å²) in [6, 6.07) is 6.17. The van der Waals surface area contributed by atoms with Crippen LogP contribution in [0, 0.1) is 16.7 Å². The van der Waals surface area contributed by atoms with Crippen molar-refractivity contribution in [1.29, 1.82) is 5.26 Å². The molecule has 0 radical (unpaired) electrons. The molecule has 0 saturated carbocycles. The monoisotopic (exact) mass is 358 g/mol. The first kappa shape index (κ1) is 20.8. The summed E-state index contributed by atoms with van der Waals surface area (Å²) >= 11 is 0. The van der Waals surface area contributed by atoms with Gasteiger partial charge < -0.3 is 15.2 Å². The van der Waals surface area contributed by atoms with Crippen molar-refractivity contribution in [3.8, 4) is 11.8 Å². The molecule has 2 N–H and O–H groups in total. The van der Waals surface area contributed by atoms with E-state index in [4.69, 9.17) is 5.26 Å². The smallest absolute Gasteiger partial charge is 0.406 e. The Bertz CT molecular complexity index is 633. The number of benzene rings is 1. The number of hydrogen-bond donors (Lipinski definition) is 2. The minimum absolute atomic E-state index is 0.132. The van der Waals surface area contributed by atoms with Crippen LogP contribution < -0.4 is 10.1 Å². The lowest BCUT2D eigenvalue weighted by Crippen LogP contribution is -2.35. The maximum atomic E-state index is 12.3. The molecule has 1 rings (SSSR count). The van der Waals surface area contributed by atoms with Crippen LogP contribution in [0.25, 0.3) is 0 Å². The molecule has 0 aliphatic carbocycles. The summed E-state index contributed by atoms with van der Waals surface area (Å²) in [7, 11) is 0. The van der Waals surface area contributed by atoms with Crippen molar-refractivity contribution in [3.63, 3.8) is 0 Å². The molecule has 138 valence electrons. The van der Waals surface area contributed by atoms with E-state index in [2.05, 4.69) is 10.1 Å². The standard InChI is InChI=1S/C17H21F3N2O3/c1-16(2,3)14(23)10-15(24)22-13(7-8-21)11-5-4-6-12(9-11)25-17(18,19)20/h4-6,9,13-14,23H,7,10H2,1-3H3,(H,22,24)/t13-,14?/m0/s1. The Kier molecular flexibility index (Phi) is 6.82. The lowest BCUT2D eigenvalue weighted by atomic mass is 9.87. The van der Waals surface area contributed by atoms with Crippen LogP contribution in [0.3, 0.4) is 0 Å². The third-order valence-electron chi connectivity index (χ3n) is 3.50. The number of nitrogens with zero attached hydrogens (tertiary/aromatic N) is 1. The van der Waals surface area contributed by atoms with Gasteiger partial charge in [0.1, 0.15) is 5.75 Å². The second-order valence-electron chi connectivity index (χ2n) is 6.69. The van der Waals surface area contributed by atoms with Gasteiger partial charge in [-0.2, -0.15) is 5.26 Å². The summed E-state index contributed by atoms with van der Waals surface area (Å²) in [5.74, 6) is -0.929. The first-order chi connectivity index (χ1) is 11.4. The lowest BCUT2D eigenvalue weighted by Gasteiger charge is -2.26. The molecule has 0 aliphatic rings. The number of hydrogen-bond acceptors (Lipinski definition) is 4. The van der Waals surface area contributed by atoms with E-state index in [0.29, 0.717) is 5.56 Å². The van der Waals surface area contributed by atoms with Gasteiger partial charge in [-0.3, -0.25) is 4.79 Å². The number of aliphatic hydroxyl groups excluding tert-OH is 1. The topological polar surface area (TPSA) is 82.4 Å². The number of nitrogens with one attached hydrogen (secondary N) is 1. The number of ether oxygens (including phenoxy) is 1. The number of amides is 1. The van der Waals surface area contributed by atoms with Gasteiger partial charge in [-0.25, -0.2) is 0 Å². The summed E-state index contributed by atoms with van der Waals surface area (Å²) in [6.07, 6.45) is -6.03. The Morgan fingerprint density at radius 3 is 2.52 bits per heavy atom. The van der Waals surface area contributed by atoms with Crippen LogP contribution in [0.4, 0.5) is 13.2 Å². The normalized spacial score (nSPS) is 14.3. The Morgan fingerprint density at radius 1 is 1.36 bits per heavy atom. The van der Waals surface area contributed by atoms with E-state index in [1.54, 1.807) is 20.8 Å². The maximum Gasteiger partial charge on any atom is 0.573 e. The molecular formula is C17H21F3N2O3. The number of carbonyl (C=O) groups is 1. The average molecular weight is 358 g/mol. The molecule has 25 heavy (non-hydrogen) atoms. The highest BCUT2D eigenvalue weighted by atomic mass is 19.4. The van der Waals surface area contributed by atoms with Crippen molar-refractivity contribution >= 4 is 5.91 Å². The lowest BCUT2D eigenvalue weighted by molar-refractivity contribution is -0.274. The molecule has 1 unspecified atom stereocenters. The molecule has 1 aromatic rings. The first-order valence-electron chi connectivity index (χ1n) is 7.62. The fourth-order valence-corrected chi connectivity index (χ4v) is 2.01. The minimum atomic E-state index is -4.83. The van der Waals surface area contributed by atoms with E-state index < -0.39 is 35.6 Å². The average Bonchev–Trinajstić information content (AvgIpc) is 2.44. The molecular weight excluding hydrogens is 337 g/mol. The van der Waals surface area contributed by atoms with E-state index in [-0.39, 0.29) is 12.8 Å². The summed E-state index contributed by atoms with van der Waals surface area (Å²) in [5.41, 5.74) is -0.190. The van der Waals surface area contributed by atoms with Crippen LogP contribution in [-0.4, -0.2) is 23.5 Å². The quantitative estimate of drug-likeness (QED) is 0.816. The highest BCUT2D eigenvalue weighted by Crippen LogP contribution is 2.27. The van der Waals surface area contributed by atoms with Crippen LogP contribution in [0.15, 0.2) is 24.3 Å². The van der Waals surface area contributed by atoms with E-state index in [0.717, 1.165) is 12.1 Å². The molecule has 0 spiro atoms. The van der Waals surface area contributed by atoms with Gasteiger partial charge in [-0.15, -0.1) is 13.2 Å². The van der Waals surface area contributed by atoms with Gasteiger partial charge >= 0.3 is 6.36 Å². The number of rotatable bonds is 6. The molecule has 0 fully saturated rings. The fourth-order valence-electron chi connectivity index (χ4n) is 2.01. The Hall–Kier alpha value is -2.27. The van der Waals surface area contributed by atoms with Gasteiger partial charge in [-0.1, -0.05) is 32.9 Å². The van der Waals surface area contributed by atoms with E-state index >= 15 is 0 Å². The summed E-state index contributed by atoms with van der Waals surface area (Å²) in [5, 5.41) is 21.5. The van der Waals surface area contributed by atoms with Crippen LogP contribution in [0.5, 0.6) is 5.75 Å². The molecule has 5 nitrogen and oxygen atoms in total. The Labute approximate surface area is 144 Å². The maximum absolute atomic E-state index is 12.3. The number of aliphatic hydroxyl groups is 1. The first-order valence-corrected chi connectivity index (χ1v) is 7.62. The van der Waals surface area contributed by atoms with Gasteiger partial charge in [0.15, 0.2) is 0 Å². The molecule has 2 atom stereocenters. The number of nitriles is 1. The van der Waals surface area contributed by atoms with E-state index in [1.807, 2.05) is 6.07 Å². The van der Waals surface area contributed by atoms with Crippen molar-refractivity contribution in [2.75, 3.05) is 0 Å². The van der Waals surface area contributed by atoms with Gasteiger partial charge in [0.25, 0.3) is 0 Å². The summed E-state index contributed by atoms with van der Waals surface area (Å²) in [6.45, 7) is 5.32. The highest BCUT2D eigenvalue weighted by Gasteiger charge is 2.31. The van der Waals surface area contributed by atoms with Gasteiger partial charge in [0.2, 0.25) is 5.91 Å². The van der Waals surface area contributed by atoms with Crippen molar-refractivity contribution in [2.24, 2.45) is 5.41 Å². The van der Waals surface area contributed by atoms with Crippen molar-refractivity contribution in [2.45, 2.75) is 52.1 Å². The van der Waals surface area contributed by atoms with Crippen LogP contribution in [0.2, 0.25) is 0 Å². The van der Waals surface area contributed by atoms with Crippen molar-refractivity contribution < 1.29 is 27.8 Å². The van der Waals surface area contributed by atoms with Crippen LogP contribution in [0.1, 0.15) is 45.2 Å². The Balaban J connectivity index is 2.88. The summed E-state index contributed by atoms with van der Waals surface area (Å²) < 4.78 is 40.8. The molecule has 0 bridgehead atoms. The molecule has 0 aliphatic heterocycles. The zero-order valence-corrected chi connectivity index (χ0v) is 14.2. The van der Waals surface area contributed by atoms with Gasteiger partial charge in [0.05, 0.1) is 31.1 Å². The third-order valence-corrected chi connectivity index (χ3v) is 3.50. The highest BCUT2D eigenvalue weighted by molar-refractivity contribution is 5.77. The molecule has 1 aromatic carbocycles. The largest absolute Gasteiger partial charge is 0.573 e. The van der Waals surface area contributed by atoms with Crippen molar-refractivity contribution in [1.82, 2.24) is 5.32 Å². The molecule has 0 heterocycles. The van der Waals surface area contributed by atoms with Gasteiger partial charge in [-0.05, 0) is 23.1 Å². The second-order valence-corrected chi connectivity index (χ2v) is 6.69. The molecule has 0 saturated heterocycles.